The first-order valence-electron chi connectivity index (χ1n) is 5.88. The molecule has 0 saturated heterocycles. The highest BCUT2D eigenvalue weighted by Gasteiger charge is 2.21. The van der Waals surface area contributed by atoms with Crippen LogP contribution in [0.5, 0.6) is 0 Å². The van der Waals surface area contributed by atoms with Gasteiger partial charge in [-0.15, -0.1) is 11.3 Å². The third kappa shape index (κ3) is 4.58. The minimum atomic E-state index is -0.0154. The number of ketones is 1. The molecule has 0 amide bonds. The summed E-state index contributed by atoms with van der Waals surface area (Å²) in [5.74, 6) is 0.187. The van der Waals surface area contributed by atoms with Gasteiger partial charge < -0.3 is 5.11 Å². The molecule has 0 aliphatic carbocycles. The van der Waals surface area contributed by atoms with Crippen LogP contribution in [0.25, 0.3) is 0 Å². The molecule has 1 heterocycles. The first-order chi connectivity index (χ1) is 7.95. The molecule has 1 aromatic heterocycles. The topological polar surface area (TPSA) is 40.5 Å². The molecule has 1 rings (SSSR count). The molecular weight excluding hydrogens is 234 g/mol. The first kappa shape index (κ1) is 14.4. The normalized spacial score (nSPS) is 12.1. The second-order valence-corrected chi connectivity index (χ2v) is 5.98. The lowest BCUT2D eigenvalue weighted by Crippen LogP contribution is -2.44. The van der Waals surface area contributed by atoms with Crippen LogP contribution in [0.3, 0.4) is 0 Å². The number of nitrogens with zero attached hydrogens (tertiary/aromatic N) is 1. The molecule has 0 aliphatic rings. The van der Waals surface area contributed by atoms with Crippen molar-refractivity contribution in [2.45, 2.75) is 32.7 Å². The summed E-state index contributed by atoms with van der Waals surface area (Å²) in [5.41, 5.74) is -0.0154. The SMILES string of the molecule is CC(C)(C)N(CCO)CCC(=O)c1cccs1. The van der Waals surface area contributed by atoms with Crippen molar-refractivity contribution in [3.63, 3.8) is 0 Å². The Balaban J connectivity index is 2.50. The fraction of sp³-hybridized carbons (Fsp3) is 0.615. The number of hydrogen-bond acceptors (Lipinski definition) is 4. The highest BCUT2D eigenvalue weighted by atomic mass is 32.1. The average Bonchev–Trinajstić information content (AvgIpc) is 2.75. The number of thiophene rings is 1. The summed E-state index contributed by atoms with van der Waals surface area (Å²) in [6.45, 7) is 7.72. The Kier molecular flexibility index (Phi) is 5.31. The predicted octanol–water partition coefficient (Wildman–Crippen LogP) is 2.41. The number of rotatable bonds is 6. The quantitative estimate of drug-likeness (QED) is 0.794. The van der Waals surface area contributed by atoms with E-state index in [0.29, 0.717) is 19.5 Å². The molecule has 0 bridgehead atoms. The maximum Gasteiger partial charge on any atom is 0.174 e. The minimum Gasteiger partial charge on any atom is -0.395 e. The molecule has 0 unspecified atom stereocenters. The highest BCUT2D eigenvalue weighted by molar-refractivity contribution is 7.12. The molecule has 17 heavy (non-hydrogen) atoms. The van der Waals surface area contributed by atoms with Crippen molar-refractivity contribution in [3.8, 4) is 0 Å². The number of carbonyl (C=O) groups excluding carboxylic acids is 1. The van der Waals surface area contributed by atoms with E-state index in [1.54, 1.807) is 0 Å². The van der Waals surface area contributed by atoms with E-state index in [2.05, 4.69) is 25.7 Å². The Morgan fingerprint density at radius 2 is 2.12 bits per heavy atom. The Bertz CT molecular complexity index is 341. The lowest BCUT2D eigenvalue weighted by atomic mass is 10.1. The average molecular weight is 255 g/mol. The van der Waals surface area contributed by atoms with Crippen LogP contribution in [0.1, 0.15) is 36.9 Å². The van der Waals surface area contributed by atoms with Crippen LogP contribution in [0.2, 0.25) is 0 Å². The van der Waals surface area contributed by atoms with Crippen LogP contribution in [-0.4, -0.2) is 41.0 Å². The van der Waals surface area contributed by atoms with Crippen LogP contribution in [0.15, 0.2) is 17.5 Å². The number of hydrogen-bond donors (Lipinski definition) is 1. The Morgan fingerprint density at radius 1 is 1.41 bits per heavy atom. The van der Waals surface area contributed by atoms with E-state index in [1.807, 2.05) is 17.5 Å². The minimum absolute atomic E-state index is 0.0154. The summed E-state index contributed by atoms with van der Waals surface area (Å²) < 4.78 is 0. The zero-order chi connectivity index (χ0) is 12.9. The van der Waals surface area contributed by atoms with Gasteiger partial charge in [-0.2, -0.15) is 0 Å². The second-order valence-electron chi connectivity index (χ2n) is 5.03. The Hall–Kier alpha value is -0.710. The molecule has 0 fully saturated rings. The molecule has 0 radical (unpaired) electrons. The maximum atomic E-state index is 11.9. The van der Waals surface area contributed by atoms with Crippen LogP contribution in [-0.2, 0) is 0 Å². The van der Waals surface area contributed by atoms with E-state index in [9.17, 15) is 4.79 Å². The standard InChI is InChI=1S/C13H21NO2S/c1-13(2,3)14(8-9-15)7-6-11(16)12-5-4-10-17-12/h4-5,10,15H,6-9H2,1-3H3. The van der Waals surface area contributed by atoms with Crippen molar-refractivity contribution in [2.24, 2.45) is 0 Å². The fourth-order valence-electron chi connectivity index (χ4n) is 1.70. The van der Waals surface area contributed by atoms with E-state index in [0.717, 1.165) is 4.88 Å². The largest absolute Gasteiger partial charge is 0.395 e. The zero-order valence-corrected chi connectivity index (χ0v) is 11.6. The van der Waals surface area contributed by atoms with Gasteiger partial charge in [-0.3, -0.25) is 9.69 Å². The molecule has 3 nitrogen and oxygen atoms in total. The summed E-state index contributed by atoms with van der Waals surface area (Å²) in [7, 11) is 0. The van der Waals surface area contributed by atoms with Gasteiger partial charge in [-0.25, -0.2) is 0 Å². The number of aliphatic hydroxyl groups excluding tert-OH is 1. The Morgan fingerprint density at radius 3 is 2.59 bits per heavy atom. The molecule has 0 aromatic carbocycles. The van der Waals surface area contributed by atoms with Crippen molar-refractivity contribution in [2.75, 3.05) is 19.7 Å². The molecule has 0 spiro atoms. The van der Waals surface area contributed by atoms with Gasteiger partial charge in [-0.05, 0) is 32.2 Å². The van der Waals surface area contributed by atoms with Gasteiger partial charge in [0.05, 0.1) is 11.5 Å². The number of aliphatic hydroxyl groups is 1. The maximum absolute atomic E-state index is 11.9. The highest BCUT2D eigenvalue weighted by Crippen LogP contribution is 2.16. The second kappa shape index (κ2) is 6.28. The number of β-amino-alcohol motifs (C(OH)–C–C–N with tert-alkyl or cyclic N) is 1. The molecule has 4 heteroatoms. The lowest BCUT2D eigenvalue weighted by Gasteiger charge is -2.34. The molecule has 0 saturated carbocycles. The Labute approximate surface area is 107 Å². The van der Waals surface area contributed by atoms with Crippen LogP contribution in [0.4, 0.5) is 0 Å². The number of carbonyl (C=O) groups is 1. The van der Waals surface area contributed by atoms with Gasteiger partial charge in [-0.1, -0.05) is 6.07 Å². The van der Waals surface area contributed by atoms with Crippen molar-refractivity contribution in [1.82, 2.24) is 4.90 Å². The van der Waals surface area contributed by atoms with E-state index in [4.69, 9.17) is 5.11 Å². The predicted molar refractivity (Wildman–Crippen MR) is 71.7 cm³/mol. The monoisotopic (exact) mass is 255 g/mol. The molecular formula is C13H21NO2S. The molecule has 1 N–H and O–H groups in total. The molecule has 1 aromatic rings. The van der Waals surface area contributed by atoms with Gasteiger partial charge in [0.2, 0.25) is 0 Å². The van der Waals surface area contributed by atoms with Gasteiger partial charge >= 0.3 is 0 Å². The van der Waals surface area contributed by atoms with E-state index < -0.39 is 0 Å². The molecule has 0 atom stereocenters. The lowest BCUT2D eigenvalue weighted by molar-refractivity contribution is 0.0856. The third-order valence-electron chi connectivity index (χ3n) is 2.72. The van der Waals surface area contributed by atoms with Crippen molar-refractivity contribution >= 4 is 17.1 Å². The molecule has 0 aliphatic heterocycles. The van der Waals surface area contributed by atoms with Gasteiger partial charge in [0.15, 0.2) is 5.78 Å². The first-order valence-corrected chi connectivity index (χ1v) is 6.75. The van der Waals surface area contributed by atoms with Gasteiger partial charge in [0, 0.05) is 25.0 Å². The van der Waals surface area contributed by atoms with Crippen molar-refractivity contribution in [1.29, 1.82) is 0 Å². The van der Waals surface area contributed by atoms with Gasteiger partial charge in [0.1, 0.15) is 0 Å². The van der Waals surface area contributed by atoms with E-state index in [-0.39, 0.29) is 17.9 Å². The summed E-state index contributed by atoms with van der Waals surface area (Å²) >= 11 is 1.49. The van der Waals surface area contributed by atoms with E-state index >= 15 is 0 Å². The smallest absolute Gasteiger partial charge is 0.174 e. The summed E-state index contributed by atoms with van der Waals surface area (Å²) in [4.78, 5) is 14.8. The van der Waals surface area contributed by atoms with Crippen LogP contribution in [0, 0.1) is 0 Å². The van der Waals surface area contributed by atoms with Crippen molar-refractivity contribution in [3.05, 3.63) is 22.4 Å². The zero-order valence-electron chi connectivity index (χ0n) is 10.8. The van der Waals surface area contributed by atoms with Gasteiger partial charge in [0.25, 0.3) is 0 Å². The summed E-state index contributed by atoms with van der Waals surface area (Å²) in [5, 5.41) is 10.9. The summed E-state index contributed by atoms with van der Waals surface area (Å²) in [6.07, 6.45) is 0.512. The molecule has 96 valence electrons. The van der Waals surface area contributed by atoms with Crippen LogP contribution < -0.4 is 0 Å². The number of Topliss-reactive ketones (excluding diaryl/α,β-unsaturated/α-hetero) is 1. The summed E-state index contributed by atoms with van der Waals surface area (Å²) in [6, 6.07) is 3.76. The third-order valence-corrected chi connectivity index (χ3v) is 3.63. The van der Waals surface area contributed by atoms with E-state index in [1.165, 1.54) is 11.3 Å². The van der Waals surface area contributed by atoms with Crippen LogP contribution >= 0.6 is 11.3 Å². The van der Waals surface area contributed by atoms with Crippen molar-refractivity contribution < 1.29 is 9.90 Å². The fourth-order valence-corrected chi connectivity index (χ4v) is 2.39.